The first-order valence-corrected chi connectivity index (χ1v) is 4.90. The molecule has 0 aliphatic rings. The van der Waals surface area contributed by atoms with Gasteiger partial charge in [0.05, 0.1) is 17.2 Å². The molecule has 0 fully saturated rings. The molecule has 1 aromatic carbocycles. The zero-order valence-electron chi connectivity index (χ0n) is 8.54. The Bertz CT molecular complexity index is 376. The maximum Gasteiger partial charge on any atom is 0.338 e. The molecule has 0 aliphatic carbocycles. The highest BCUT2D eigenvalue weighted by molar-refractivity contribution is 6.33. The molecule has 0 aliphatic heterocycles. The summed E-state index contributed by atoms with van der Waals surface area (Å²) in [4.78, 5) is 22.0. The summed E-state index contributed by atoms with van der Waals surface area (Å²) in [5.74, 6) is -0.431. The molecule has 0 amide bonds. The Kier molecular flexibility index (Phi) is 3.86. The Hall–Kier alpha value is -1.35. The van der Waals surface area contributed by atoms with Crippen molar-refractivity contribution >= 4 is 23.9 Å². The molecule has 0 saturated carbocycles. The zero-order chi connectivity index (χ0) is 11.4. The van der Waals surface area contributed by atoms with Crippen LogP contribution < -0.4 is 0 Å². The van der Waals surface area contributed by atoms with Crippen LogP contribution in [-0.2, 0) is 4.74 Å². The molecule has 0 saturated heterocycles. The van der Waals surface area contributed by atoms with Gasteiger partial charge < -0.3 is 4.74 Å². The SMILES string of the molecule is CCOC(=O)c1cc(C)c(C=O)c(Cl)c1. The standard InChI is InChI=1S/C11H11ClO3/c1-3-15-11(14)8-4-7(2)9(6-13)10(12)5-8/h4-6H,3H2,1-2H3. The molecule has 1 rings (SSSR count). The van der Waals surface area contributed by atoms with Gasteiger partial charge in [-0.2, -0.15) is 0 Å². The highest BCUT2D eigenvalue weighted by atomic mass is 35.5. The summed E-state index contributed by atoms with van der Waals surface area (Å²) in [5.41, 5.74) is 1.44. The molecule has 0 radical (unpaired) electrons. The monoisotopic (exact) mass is 226 g/mol. The van der Waals surface area contributed by atoms with Crippen molar-refractivity contribution in [3.8, 4) is 0 Å². The Morgan fingerprint density at radius 2 is 2.20 bits per heavy atom. The quantitative estimate of drug-likeness (QED) is 0.588. The summed E-state index contributed by atoms with van der Waals surface area (Å²) in [6.07, 6.45) is 0.673. The number of carbonyl (C=O) groups excluding carboxylic acids is 2. The Labute approximate surface area is 93.0 Å². The first-order chi connectivity index (χ1) is 7.10. The van der Waals surface area contributed by atoms with Gasteiger partial charge in [0.25, 0.3) is 0 Å². The second kappa shape index (κ2) is 4.94. The van der Waals surface area contributed by atoms with E-state index in [9.17, 15) is 9.59 Å². The number of aldehydes is 1. The fraction of sp³-hybridized carbons (Fsp3) is 0.273. The summed E-state index contributed by atoms with van der Waals surface area (Å²) < 4.78 is 4.83. The summed E-state index contributed by atoms with van der Waals surface area (Å²) in [5, 5.41) is 0.271. The van der Waals surface area contributed by atoms with Gasteiger partial charge in [-0.15, -0.1) is 0 Å². The predicted molar refractivity (Wildman–Crippen MR) is 57.5 cm³/mol. The molecule has 0 atom stereocenters. The number of aryl methyl sites for hydroxylation is 1. The van der Waals surface area contributed by atoms with E-state index < -0.39 is 5.97 Å². The molecule has 15 heavy (non-hydrogen) atoms. The van der Waals surface area contributed by atoms with E-state index in [0.29, 0.717) is 29.6 Å². The number of ether oxygens (including phenoxy) is 1. The van der Waals surface area contributed by atoms with Crippen molar-refractivity contribution in [1.82, 2.24) is 0 Å². The number of rotatable bonds is 3. The van der Waals surface area contributed by atoms with E-state index in [2.05, 4.69) is 0 Å². The van der Waals surface area contributed by atoms with Crippen molar-refractivity contribution in [2.45, 2.75) is 13.8 Å². The molecule has 80 valence electrons. The van der Waals surface area contributed by atoms with Crippen LogP contribution in [0.2, 0.25) is 5.02 Å². The van der Waals surface area contributed by atoms with Gasteiger partial charge in [-0.05, 0) is 31.5 Å². The smallest absolute Gasteiger partial charge is 0.338 e. The summed E-state index contributed by atoms with van der Waals surface area (Å²) in [6.45, 7) is 3.76. The van der Waals surface area contributed by atoms with E-state index >= 15 is 0 Å². The molecule has 3 nitrogen and oxygen atoms in total. The molecule has 0 heterocycles. The van der Waals surface area contributed by atoms with Gasteiger partial charge in [0.15, 0.2) is 6.29 Å². The molecule has 0 bridgehead atoms. The number of carbonyl (C=O) groups is 2. The lowest BCUT2D eigenvalue weighted by Gasteiger charge is -2.06. The summed E-state index contributed by atoms with van der Waals surface area (Å²) in [7, 11) is 0. The van der Waals surface area contributed by atoms with Crippen molar-refractivity contribution in [3.05, 3.63) is 33.8 Å². The third-order valence-electron chi connectivity index (χ3n) is 1.97. The summed E-state index contributed by atoms with van der Waals surface area (Å²) in [6, 6.07) is 3.03. The topological polar surface area (TPSA) is 43.4 Å². The largest absolute Gasteiger partial charge is 0.462 e. The van der Waals surface area contributed by atoms with Gasteiger partial charge in [0, 0.05) is 5.56 Å². The van der Waals surface area contributed by atoms with Crippen molar-refractivity contribution in [2.24, 2.45) is 0 Å². The van der Waals surface area contributed by atoms with E-state index in [-0.39, 0.29) is 5.02 Å². The molecular weight excluding hydrogens is 216 g/mol. The number of benzene rings is 1. The lowest BCUT2D eigenvalue weighted by molar-refractivity contribution is 0.0526. The second-order valence-electron chi connectivity index (χ2n) is 3.03. The number of hydrogen-bond donors (Lipinski definition) is 0. The number of halogens is 1. The summed E-state index contributed by atoms with van der Waals surface area (Å²) >= 11 is 5.84. The van der Waals surface area contributed by atoms with E-state index in [1.54, 1.807) is 19.9 Å². The minimum Gasteiger partial charge on any atom is -0.462 e. The van der Waals surface area contributed by atoms with Gasteiger partial charge in [-0.25, -0.2) is 4.79 Å². The first kappa shape index (κ1) is 11.7. The third kappa shape index (κ3) is 2.57. The van der Waals surface area contributed by atoms with E-state index in [0.717, 1.165) is 0 Å². The average molecular weight is 227 g/mol. The highest BCUT2D eigenvalue weighted by Gasteiger charge is 2.11. The Morgan fingerprint density at radius 1 is 1.53 bits per heavy atom. The molecule has 4 heteroatoms. The third-order valence-corrected chi connectivity index (χ3v) is 2.28. The Morgan fingerprint density at radius 3 is 2.67 bits per heavy atom. The minimum atomic E-state index is -0.431. The van der Waals surface area contributed by atoms with E-state index in [4.69, 9.17) is 16.3 Å². The second-order valence-corrected chi connectivity index (χ2v) is 3.43. The Balaban J connectivity index is 3.13. The fourth-order valence-corrected chi connectivity index (χ4v) is 1.55. The van der Waals surface area contributed by atoms with Crippen molar-refractivity contribution in [1.29, 1.82) is 0 Å². The zero-order valence-corrected chi connectivity index (χ0v) is 9.30. The fourth-order valence-electron chi connectivity index (χ4n) is 1.24. The average Bonchev–Trinajstić information content (AvgIpc) is 2.17. The minimum absolute atomic E-state index is 0.271. The maximum absolute atomic E-state index is 11.4. The normalized spacial score (nSPS) is 9.80. The van der Waals surface area contributed by atoms with Crippen LogP contribution in [0.25, 0.3) is 0 Å². The van der Waals surface area contributed by atoms with E-state index in [1.807, 2.05) is 0 Å². The number of esters is 1. The molecular formula is C11H11ClO3. The lowest BCUT2D eigenvalue weighted by Crippen LogP contribution is -2.05. The molecule has 0 unspecified atom stereocenters. The van der Waals surface area contributed by atoms with Crippen LogP contribution in [0.4, 0.5) is 0 Å². The highest BCUT2D eigenvalue weighted by Crippen LogP contribution is 2.20. The molecule has 0 spiro atoms. The molecule has 0 N–H and O–H groups in total. The van der Waals surface area contributed by atoms with Crippen LogP contribution in [-0.4, -0.2) is 18.9 Å². The van der Waals surface area contributed by atoms with Gasteiger partial charge in [-0.1, -0.05) is 11.6 Å². The van der Waals surface area contributed by atoms with Gasteiger partial charge in [-0.3, -0.25) is 4.79 Å². The maximum atomic E-state index is 11.4. The van der Waals surface area contributed by atoms with Gasteiger partial charge >= 0.3 is 5.97 Å². The molecule has 1 aromatic rings. The van der Waals surface area contributed by atoms with Crippen LogP contribution in [0.15, 0.2) is 12.1 Å². The van der Waals surface area contributed by atoms with Crippen LogP contribution in [0, 0.1) is 6.92 Å². The van der Waals surface area contributed by atoms with Crippen molar-refractivity contribution < 1.29 is 14.3 Å². The van der Waals surface area contributed by atoms with Crippen LogP contribution in [0.1, 0.15) is 33.2 Å². The predicted octanol–water partition coefficient (Wildman–Crippen LogP) is 2.64. The van der Waals surface area contributed by atoms with E-state index in [1.165, 1.54) is 6.07 Å². The van der Waals surface area contributed by atoms with Crippen LogP contribution in [0.3, 0.4) is 0 Å². The van der Waals surface area contributed by atoms with Crippen LogP contribution in [0.5, 0.6) is 0 Å². The van der Waals surface area contributed by atoms with Crippen molar-refractivity contribution in [3.63, 3.8) is 0 Å². The lowest BCUT2D eigenvalue weighted by atomic mass is 10.1. The first-order valence-electron chi connectivity index (χ1n) is 4.52. The molecule has 0 aromatic heterocycles. The van der Waals surface area contributed by atoms with Gasteiger partial charge in [0.1, 0.15) is 0 Å². The van der Waals surface area contributed by atoms with Crippen molar-refractivity contribution in [2.75, 3.05) is 6.61 Å². The van der Waals surface area contributed by atoms with Crippen LogP contribution >= 0.6 is 11.6 Å². The number of hydrogen-bond acceptors (Lipinski definition) is 3. The van der Waals surface area contributed by atoms with Gasteiger partial charge in [0.2, 0.25) is 0 Å².